The number of carbonyl (C=O) groups is 1. The monoisotopic (exact) mass is 240 g/mol. The van der Waals surface area contributed by atoms with Crippen molar-refractivity contribution in [1.29, 1.82) is 0 Å². The van der Waals surface area contributed by atoms with Gasteiger partial charge < -0.3 is 10.2 Å². The van der Waals surface area contributed by atoms with Crippen molar-refractivity contribution in [3.63, 3.8) is 0 Å². The summed E-state index contributed by atoms with van der Waals surface area (Å²) in [4.78, 5) is 13.9. The summed E-state index contributed by atoms with van der Waals surface area (Å²) in [7, 11) is 0. The van der Waals surface area contributed by atoms with Gasteiger partial charge in [-0.1, -0.05) is 27.7 Å². The van der Waals surface area contributed by atoms with Crippen molar-refractivity contribution in [1.82, 2.24) is 10.2 Å². The van der Waals surface area contributed by atoms with Gasteiger partial charge >= 0.3 is 0 Å². The lowest BCUT2D eigenvalue weighted by Crippen LogP contribution is -2.44. The number of nitrogens with zero attached hydrogens (tertiary/aromatic N) is 1. The minimum atomic E-state index is 0.269. The molecule has 1 saturated heterocycles. The molecule has 0 spiro atoms. The largest absolute Gasteiger partial charge is 0.342 e. The van der Waals surface area contributed by atoms with Gasteiger partial charge in [0.15, 0.2) is 0 Å². The molecule has 0 aromatic heterocycles. The molecular weight excluding hydrogens is 212 g/mol. The number of carbonyl (C=O) groups excluding carboxylic acids is 1. The van der Waals surface area contributed by atoms with Crippen LogP contribution in [0.1, 0.15) is 47.0 Å². The summed E-state index contributed by atoms with van der Waals surface area (Å²) < 4.78 is 0. The van der Waals surface area contributed by atoms with Crippen LogP contribution in [-0.4, -0.2) is 37.0 Å². The minimum absolute atomic E-state index is 0.269. The third-order valence-corrected chi connectivity index (χ3v) is 3.78. The molecule has 0 unspecified atom stereocenters. The zero-order valence-corrected chi connectivity index (χ0v) is 11.9. The van der Waals surface area contributed by atoms with Gasteiger partial charge in [0.2, 0.25) is 5.91 Å². The lowest BCUT2D eigenvalue weighted by molar-refractivity contribution is -0.132. The maximum Gasteiger partial charge on any atom is 0.236 e. The van der Waals surface area contributed by atoms with Crippen molar-refractivity contribution in [3.8, 4) is 0 Å². The van der Waals surface area contributed by atoms with Crippen LogP contribution in [0.4, 0.5) is 0 Å². The molecule has 17 heavy (non-hydrogen) atoms. The molecule has 0 radical (unpaired) electrons. The SMILES string of the molecule is CCCNCC(=O)N1CCC(C(C)(C)C)CC1. The maximum atomic E-state index is 11.9. The lowest BCUT2D eigenvalue weighted by atomic mass is 9.75. The fourth-order valence-corrected chi connectivity index (χ4v) is 2.48. The average molecular weight is 240 g/mol. The normalized spacial score (nSPS) is 18.5. The molecule has 1 aliphatic rings. The van der Waals surface area contributed by atoms with Crippen LogP contribution in [0.25, 0.3) is 0 Å². The predicted octanol–water partition coefficient (Wildman–Crippen LogP) is 2.27. The number of hydrogen-bond donors (Lipinski definition) is 1. The van der Waals surface area contributed by atoms with Crippen molar-refractivity contribution in [2.45, 2.75) is 47.0 Å². The topological polar surface area (TPSA) is 32.3 Å². The van der Waals surface area contributed by atoms with Crippen molar-refractivity contribution in [2.75, 3.05) is 26.2 Å². The van der Waals surface area contributed by atoms with Crippen LogP contribution in [0.5, 0.6) is 0 Å². The Morgan fingerprint density at radius 1 is 1.29 bits per heavy atom. The first kappa shape index (κ1) is 14.5. The molecule has 0 bridgehead atoms. The molecule has 100 valence electrons. The summed E-state index contributed by atoms with van der Waals surface area (Å²) in [6.45, 7) is 12.3. The molecule has 0 aromatic rings. The Morgan fingerprint density at radius 2 is 1.88 bits per heavy atom. The van der Waals surface area contributed by atoms with Crippen LogP contribution in [-0.2, 0) is 4.79 Å². The Kier molecular flexibility index (Phi) is 5.44. The van der Waals surface area contributed by atoms with Crippen LogP contribution >= 0.6 is 0 Å². The highest BCUT2D eigenvalue weighted by molar-refractivity contribution is 5.78. The molecule has 1 rings (SSSR count). The first-order valence-electron chi connectivity index (χ1n) is 6.93. The third kappa shape index (κ3) is 4.66. The number of hydrogen-bond acceptors (Lipinski definition) is 2. The summed E-state index contributed by atoms with van der Waals surface area (Å²) in [6.07, 6.45) is 3.39. The molecule has 1 N–H and O–H groups in total. The molecule has 0 aliphatic carbocycles. The molecule has 0 saturated carbocycles. The second-order valence-corrected chi connectivity index (χ2v) is 6.20. The number of piperidine rings is 1. The molecule has 0 atom stereocenters. The van der Waals surface area contributed by atoms with E-state index < -0.39 is 0 Å². The van der Waals surface area contributed by atoms with E-state index in [1.54, 1.807) is 0 Å². The van der Waals surface area contributed by atoms with E-state index in [-0.39, 0.29) is 5.91 Å². The first-order valence-corrected chi connectivity index (χ1v) is 6.93. The van der Waals surface area contributed by atoms with E-state index in [0.29, 0.717) is 12.0 Å². The van der Waals surface area contributed by atoms with Crippen LogP contribution in [0.15, 0.2) is 0 Å². The smallest absolute Gasteiger partial charge is 0.236 e. The molecule has 1 aliphatic heterocycles. The highest BCUT2D eigenvalue weighted by Crippen LogP contribution is 2.34. The maximum absolute atomic E-state index is 11.9. The van der Waals surface area contributed by atoms with Crippen molar-refractivity contribution >= 4 is 5.91 Å². The molecule has 0 aromatic carbocycles. The van der Waals surface area contributed by atoms with Gasteiger partial charge in [-0.05, 0) is 37.1 Å². The number of amides is 1. The van der Waals surface area contributed by atoms with Gasteiger partial charge in [-0.3, -0.25) is 4.79 Å². The highest BCUT2D eigenvalue weighted by Gasteiger charge is 2.29. The second-order valence-electron chi connectivity index (χ2n) is 6.20. The van der Waals surface area contributed by atoms with Gasteiger partial charge in [0.1, 0.15) is 0 Å². The van der Waals surface area contributed by atoms with Gasteiger partial charge in [-0.25, -0.2) is 0 Å². The Balaban J connectivity index is 2.29. The fraction of sp³-hybridized carbons (Fsp3) is 0.929. The molecule has 1 amide bonds. The summed E-state index contributed by atoms with van der Waals surface area (Å²) >= 11 is 0. The number of nitrogens with one attached hydrogen (secondary N) is 1. The molecule has 1 heterocycles. The van der Waals surface area contributed by atoms with E-state index in [4.69, 9.17) is 0 Å². The summed E-state index contributed by atoms with van der Waals surface area (Å²) in [5, 5.41) is 3.18. The van der Waals surface area contributed by atoms with Gasteiger partial charge in [0, 0.05) is 13.1 Å². The van der Waals surface area contributed by atoms with Crippen molar-refractivity contribution < 1.29 is 4.79 Å². The van der Waals surface area contributed by atoms with Crippen LogP contribution in [0, 0.1) is 11.3 Å². The van der Waals surface area contributed by atoms with Crippen LogP contribution in [0.2, 0.25) is 0 Å². The zero-order chi connectivity index (χ0) is 12.9. The average Bonchev–Trinajstić information content (AvgIpc) is 2.28. The Labute approximate surface area is 106 Å². The van der Waals surface area contributed by atoms with E-state index in [2.05, 4.69) is 33.0 Å². The molecule has 3 heteroatoms. The number of likely N-dealkylation sites (tertiary alicyclic amines) is 1. The molecule has 3 nitrogen and oxygen atoms in total. The first-order chi connectivity index (χ1) is 7.95. The van der Waals surface area contributed by atoms with E-state index >= 15 is 0 Å². The van der Waals surface area contributed by atoms with E-state index in [1.165, 1.54) is 0 Å². The standard InChI is InChI=1S/C14H28N2O/c1-5-8-15-11-13(17)16-9-6-12(7-10-16)14(2,3)4/h12,15H,5-11H2,1-4H3. The van der Waals surface area contributed by atoms with Gasteiger partial charge in [-0.15, -0.1) is 0 Å². The zero-order valence-electron chi connectivity index (χ0n) is 11.9. The van der Waals surface area contributed by atoms with Crippen LogP contribution in [0.3, 0.4) is 0 Å². The number of rotatable bonds is 4. The lowest BCUT2D eigenvalue weighted by Gasteiger charge is -2.38. The van der Waals surface area contributed by atoms with Crippen LogP contribution < -0.4 is 5.32 Å². The highest BCUT2D eigenvalue weighted by atomic mass is 16.2. The second kappa shape index (κ2) is 6.39. The summed E-state index contributed by atoms with van der Waals surface area (Å²) in [5.74, 6) is 1.03. The fourth-order valence-electron chi connectivity index (χ4n) is 2.48. The van der Waals surface area contributed by atoms with E-state index in [1.807, 2.05) is 4.90 Å². The molecule has 1 fully saturated rings. The quantitative estimate of drug-likeness (QED) is 0.765. The van der Waals surface area contributed by atoms with Gasteiger partial charge in [-0.2, -0.15) is 0 Å². The Morgan fingerprint density at radius 3 is 2.35 bits per heavy atom. The van der Waals surface area contributed by atoms with Gasteiger partial charge in [0.25, 0.3) is 0 Å². The Bertz CT molecular complexity index is 237. The van der Waals surface area contributed by atoms with E-state index in [0.717, 1.165) is 44.8 Å². The Hall–Kier alpha value is -0.570. The third-order valence-electron chi connectivity index (χ3n) is 3.78. The summed E-state index contributed by atoms with van der Waals surface area (Å²) in [6, 6.07) is 0. The molecular formula is C14H28N2O. The van der Waals surface area contributed by atoms with E-state index in [9.17, 15) is 4.79 Å². The minimum Gasteiger partial charge on any atom is -0.342 e. The van der Waals surface area contributed by atoms with Crippen molar-refractivity contribution in [2.24, 2.45) is 11.3 Å². The van der Waals surface area contributed by atoms with Crippen molar-refractivity contribution in [3.05, 3.63) is 0 Å². The van der Waals surface area contributed by atoms with Gasteiger partial charge in [0.05, 0.1) is 6.54 Å². The predicted molar refractivity (Wildman–Crippen MR) is 71.9 cm³/mol. The summed E-state index contributed by atoms with van der Waals surface area (Å²) in [5.41, 5.74) is 0.385.